The first-order chi connectivity index (χ1) is 14.8. The summed E-state index contributed by atoms with van der Waals surface area (Å²) in [5, 5.41) is 15.7. The van der Waals surface area contributed by atoms with E-state index < -0.39 is 0 Å². The van der Waals surface area contributed by atoms with Crippen molar-refractivity contribution in [3.63, 3.8) is 0 Å². The van der Waals surface area contributed by atoms with Crippen LogP contribution in [0.15, 0.2) is 46.7 Å². The van der Waals surface area contributed by atoms with Crippen molar-refractivity contribution in [3.8, 4) is 16.9 Å². The third-order valence-electron chi connectivity index (χ3n) is 5.87. The molecule has 0 atom stereocenters. The minimum Gasteiger partial charge on any atom is -0.511 e. The Balaban J connectivity index is 1.49. The number of nitrogens with zero attached hydrogens (tertiary/aromatic N) is 4. The summed E-state index contributed by atoms with van der Waals surface area (Å²) in [6.07, 6.45) is 4.15. The molecule has 1 aromatic carbocycles. The van der Waals surface area contributed by atoms with Crippen LogP contribution in [0.3, 0.4) is 0 Å². The predicted molar refractivity (Wildman–Crippen MR) is 123 cm³/mol. The quantitative estimate of drug-likeness (QED) is 0.569. The summed E-state index contributed by atoms with van der Waals surface area (Å²) in [5.74, 6) is 0.0506. The average Bonchev–Trinajstić information content (AvgIpc) is 3.27. The summed E-state index contributed by atoms with van der Waals surface area (Å²) < 4.78 is 2.02. The molecular formula is C24H24N4O2S. The predicted octanol–water partition coefficient (Wildman–Crippen LogP) is 5.31. The molecule has 6 nitrogen and oxygen atoms in total. The van der Waals surface area contributed by atoms with Crippen LogP contribution in [0, 0.1) is 12.3 Å². The number of aryl methyl sites for hydroxylation is 2. The number of aliphatic hydroxyl groups is 1. The maximum atomic E-state index is 12.4. The van der Waals surface area contributed by atoms with Crippen LogP contribution in [0.25, 0.3) is 16.9 Å². The average molecular weight is 433 g/mol. The Hall–Kier alpha value is -3.06. The first kappa shape index (κ1) is 19.9. The van der Waals surface area contributed by atoms with Gasteiger partial charge in [-0.3, -0.25) is 4.79 Å². The van der Waals surface area contributed by atoms with Gasteiger partial charge in [0.1, 0.15) is 5.76 Å². The van der Waals surface area contributed by atoms with Gasteiger partial charge in [-0.15, -0.1) is 0 Å². The molecule has 2 heterocycles. The van der Waals surface area contributed by atoms with Gasteiger partial charge in [0.15, 0.2) is 5.78 Å². The molecule has 0 radical (unpaired) electrons. The Kier molecular flexibility index (Phi) is 4.66. The van der Waals surface area contributed by atoms with Crippen molar-refractivity contribution in [1.29, 1.82) is 0 Å². The van der Waals surface area contributed by atoms with E-state index in [4.69, 9.17) is 10.1 Å². The van der Waals surface area contributed by atoms with Crippen LogP contribution in [-0.4, -0.2) is 31.9 Å². The largest absolute Gasteiger partial charge is 0.511 e. The fourth-order valence-electron chi connectivity index (χ4n) is 4.46. The molecule has 158 valence electrons. The van der Waals surface area contributed by atoms with Crippen molar-refractivity contribution in [2.24, 2.45) is 10.4 Å². The van der Waals surface area contributed by atoms with E-state index >= 15 is 0 Å². The fraction of sp³-hybridized carbons (Fsp3) is 0.333. The highest BCUT2D eigenvalue weighted by Gasteiger charge is 2.32. The van der Waals surface area contributed by atoms with Crippen molar-refractivity contribution in [2.75, 3.05) is 0 Å². The number of Topliss-reactive ketones (excluding diaryl/α,β-unsaturated/α-hetero) is 1. The molecule has 31 heavy (non-hydrogen) atoms. The molecule has 7 heteroatoms. The summed E-state index contributed by atoms with van der Waals surface area (Å²) >= 11 is 1.54. The SMILES string of the molecule is Cc1nn(-c2ccccc2)c2c1-c1nc(/N=C/C3=C(O)CC(C)(C)CC3=O)sc1CC2. The van der Waals surface area contributed by atoms with Crippen LogP contribution in [0.5, 0.6) is 0 Å². The molecule has 2 aliphatic rings. The number of benzene rings is 1. The smallest absolute Gasteiger partial charge is 0.209 e. The molecular weight excluding hydrogens is 408 g/mol. The summed E-state index contributed by atoms with van der Waals surface area (Å²) in [6.45, 7) is 5.99. The number of aliphatic hydroxyl groups excluding tert-OH is 1. The number of ketones is 1. The Bertz CT molecular complexity index is 1250. The van der Waals surface area contributed by atoms with Crippen LogP contribution < -0.4 is 0 Å². The van der Waals surface area contributed by atoms with Gasteiger partial charge in [-0.2, -0.15) is 5.10 Å². The van der Waals surface area contributed by atoms with E-state index in [1.165, 1.54) is 16.8 Å². The van der Waals surface area contributed by atoms with E-state index in [9.17, 15) is 9.90 Å². The van der Waals surface area contributed by atoms with Gasteiger partial charge in [0, 0.05) is 29.5 Å². The summed E-state index contributed by atoms with van der Waals surface area (Å²) in [4.78, 5) is 22.9. The number of allylic oxidation sites excluding steroid dienone is 2. The number of para-hydroxylation sites is 1. The molecule has 3 aromatic rings. The number of aliphatic imine (C=N–C) groups is 1. The highest BCUT2D eigenvalue weighted by molar-refractivity contribution is 7.15. The van der Waals surface area contributed by atoms with Crippen LogP contribution >= 0.6 is 11.3 Å². The normalized spacial score (nSPS) is 17.8. The number of carbonyl (C=O) groups excluding carboxylic acids is 1. The zero-order valence-corrected chi connectivity index (χ0v) is 18.7. The molecule has 0 saturated carbocycles. The number of fused-ring (bicyclic) bond motifs is 3. The molecule has 0 aliphatic heterocycles. The molecule has 0 bridgehead atoms. The second-order valence-electron chi connectivity index (χ2n) is 8.98. The third-order valence-corrected chi connectivity index (χ3v) is 6.89. The van der Waals surface area contributed by atoms with E-state index in [0.29, 0.717) is 23.5 Å². The number of hydrogen-bond donors (Lipinski definition) is 1. The van der Waals surface area contributed by atoms with Crippen LogP contribution in [0.2, 0.25) is 0 Å². The summed E-state index contributed by atoms with van der Waals surface area (Å²) in [7, 11) is 0. The van der Waals surface area contributed by atoms with Gasteiger partial charge in [-0.05, 0) is 37.3 Å². The maximum absolute atomic E-state index is 12.4. The van der Waals surface area contributed by atoms with E-state index in [-0.39, 0.29) is 17.0 Å². The molecule has 0 unspecified atom stereocenters. The Morgan fingerprint density at radius 1 is 1.19 bits per heavy atom. The standard InChI is InChI=1S/C24H24N4O2S/c1-14-21-17(28(27-14)15-7-5-4-6-8-15)9-10-20-22(21)26-23(31-20)25-13-16-18(29)11-24(2,3)12-19(16)30/h4-8,13,29H,9-12H2,1-3H3/b25-13+. The highest BCUT2D eigenvalue weighted by Crippen LogP contribution is 2.41. The van der Waals surface area contributed by atoms with Crippen molar-refractivity contribution in [1.82, 2.24) is 14.8 Å². The monoisotopic (exact) mass is 432 g/mol. The zero-order chi connectivity index (χ0) is 21.8. The molecule has 1 N–H and O–H groups in total. The van der Waals surface area contributed by atoms with Crippen molar-refractivity contribution in [3.05, 3.63) is 57.9 Å². The summed E-state index contributed by atoms with van der Waals surface area (Å²) in [5.41, 5.74) is 5.28. The lowest BCUT2D eigenvalue weighted by Gasteiger charge is -2.28. The number of aromatic nitrogens is 3. The van der Waals surface area contributed by atoms with Gasteiger partial charge in [0.25, 0.3) is 0 Å². The molecule has 0 fully saturated rings. The summed E-state index contributed by atoms with van der Waals surface area (Å²) in [6, 6.07) is 10.1. The Labute approximate surface area is 185 Å². The molecule has 0 saturated heterocycles. The van der Waals surface area contributed by atoms with Gasteiger partial charge in [0.2, 0.25) is 5.13 Å². The molecule has 5 rings (SSSR count). The van der Waals surface area contributed by atoms with E-state index in [1.807, 2.05) is 43.7 Å². The maximum Gasteiger partial charge on any atom is 0.209 e. The van der Waals surface area contributed by atoms with Gasteiger partial charge < -0.3 is 5.11 Å². The minimum atomic E-state index is -0.217. The van der Waals surface area contributed by atoms with Crippen LogP contribution in [0.4, 0.5) is 5.13 Å². The second-order valence-corrected chi connectivity index (χ2v) is 10.0. The van der Waals surface area contributed by atoms with Gasteiger partial charge in [-0.1, -0.05) is 43.4 Å². The number of hydrogen-bond acceptors (Lipinski definition) is 6. The van der Waals surface area contributed by atoms with E-state index in [2.05, 4.69) is 17.1 Å². The lowest BCUT2D eigenvalue weighted by molar-refractivity contribution is -0.117. The second kappa shape index (κ2) is 7.27. The first-order valence-electron chi connectivity index (χ1n) is 10.5. The zero-order valence-electron chi connectivity index (χ0n) is 17.8. The number of rotatable bonds is 3. The fourth-order valence-corrected chi connectivity index (χ4v) is 5.37. The van der Waals surface area contributed by atoms with Crippen LogP contribution in [-0.2, 0) is 17.6 Å². The minimum absolute atomic E-state index is 0.0684. The Morgan fingerprint density at radius 3 is 2.71 bits per heavy atom. The molecule has 0 spiro atoms. The van der Waals surface area contributed by atoms with Crippen LogP contribution in [0.1, 0.15) is 43.0 Å². The first-order valence-corrected chi connectivity index (χ1v) is 11.3. The topological polar surface area (TPSA) is 80.4 Å². The Morgan fingerprint density at radius 2 is 1.97 bits per heavy atom. The lowest BCUT2D eigenvalue weighted by atomic mass is 9.77. The molecule has 2 aliphatic carbocycles. The highest BCUT2D eigenvalue weighted by atomic mass is 32.1. The van der Waals surface area contributed by atoms with Crippen molar-refractivity contribution < 1.29 is 9.90 Å². The van der Waals surface area contributed by atoms with E-state index in [1.54, 1.807) is 11.3 Å². The lowest BCUT2D eigenvalue weighted by Crippen LogP contribution is -2.26. The number of carbonyl (C=O) groups is 1. The van der Waals surface area contributed by atoms with Crippen molar-refractivity contribution >= 4 is 28.5 Å². The third kappa shape index (κ3) is 3.53. The van der Waals surface area contributed by atoms with Crippen molar-refractivity contribution in [2.45, 2.75) is 46.5 Å². The van der Waals surface area contributed by atoms with Gasteiger partial charge in [0.05, 0.1) is 28.3 Å². The molecule has 0 amide bonds. The molecule has 2 aromatic heterocycles. The van der Waals surface area contributed by atoms with E-state index in [0.717, 1.165) is 35.5 Å². The van der Waals surface area contributed by atoms with Gasteiger partial charge >= 0.3 is 0 Å². The number of thiazole rings is 1. The van der Waals surface area contributed by atoms with Gasteiger partial charge in [-0.25, -0.2) is 14.7 Å².